The van der Waals surface area contributed by atoms with Gasteiger partial charge in [-0.25, -0.2) is 4.98 Å². The van der Waals surface area contributed by atoms with Crippen LogP contribution in [0.3, 0.4) is 0 Å². The molecule has 0 unspecified atom stereocenters. The van der Waals surface area contributed by atoms with Crippen molar-refractivity contribution < 1.29 is 9.59 Å². The van der Waals surface area contributed by atoms with Crippen LogP contribution in [0.5, 0.6) is 0 Å². The van der Waals surface area contributed by atoms with Gasteiger partial charge in [-0.3, -0.25) is 9.59 Å². The zero-order chi connectivity index (χ0) is 19.7. The maximum atomic E-state index is 12.9. The number of aromatic nitrogens is 1. The molecule has 1 aliphatic heterocycles. The molecular formula is C23H33N3O2. The van der Waals surface area contributed by atoms with E-state index in [4.69, 9.17) is 0 Å². The first-order valence-electron chi connectivity index (χ1n) is 11.1. The van der Waals surface area contributed by atoms with E-state index in [-0.39, 0.29) is 11.8 Å². The molecule has 28 heavy (non-hydrogen) atoms. The van der Waals surface area contributed by atoms with Crippen molar-refractivity contribution in [2.45, 2.75) is 64.8 Å². The molecule has 3 fully saturated rings. The molecule has 5 heteroatoms. The van der Waals surface area contributed by atoms with Crippen LogP contribution in [0.15, 0.2) is 18.3 Å². The van der Waals surface area contributed by atoms with E-state index < -0.39 is 0 Å². The van der Waals surface area contributed by atoms with Gasteiger partial charge in [0.2, 0.25) is 0 Å². The van der Waals surface area contributed by atoms with Crippen LogP contribution in [0, 0.1) is 23.7 Å². The number of pyridine rings is 1. The number of likely N-dealkylation sites (tertiary alicyclic amines) is 1. The average molecular weight is 384 g/mol. The number of carbonyl (C=O) groups excluding carboxylic acids is 2. The summed E-state index contributed by atoms with van der Waals surface area (Å²) in [6.45, 7) is 5.43. The largest absolute Gasteiger partial charge is 0.367 e. The van der Waals surface area contributed by atoms with Gasteiger partial charge in [0.05, 0.1) is 5.56 Å². The molecule has 0 aromatic carbocycles. The summed E-state index contributed by atoms with van der Waals surface area (Å²) >= 11 is 0. The van der Waals surface area contributed by atoms with Crippen molar-refractivity contribution in [1.82, 2.24) is 9.88 Å². The van der Waals surface area contributed by atoms with Crippen LogP contribution in [0.1, 0.15) is 69.2 Å². The van der Waals surface area contributed by atoms with Crippen LogP contribution in [0.4, 0.5) is 5.82 Å². The monoisotopic (exact) mass is 383 g/mol. The Kier molecular flexibility index (Phi) is 5.70. The third-order valence-corrected chi connectivity index (χ3v) is 6.36. The number of Topliss-reactive ketones (excluding diaryl/α,β-unsaturated/α-hetero) is 1. The van der Waals surface area contributed by atoms with Gasteiger partial charge >= 0.3 is 0 Å². The second-order valence-electron chi connectivity index (χ2n) is 9.43. The van der Waals surface area contributed by atoms with Crippen molar-refractivity contribution >= 4 is 17.5 Å². The highest BCUT2D eigenvalue weighted by atomic mass is 16.2. The van der Waals surface area contributed by atoms with Gasteiger partial charge in [0.25, 0.3) is 5.91 Å². The first kappa shape index (κ1) is 19.4. The van der Waals surface area contributed by atoms with E-state index in [0.717, 1.165) is 37.0 Å². The van der Waals surface area contributed by atoms with Gasteiger partial charge in [-0.2, -0.15) is 0 Å². The van der Waals surface area contributed by atoms with Crippen LogP contribution in [0.2, 0.25) is 0 Å². The zero-order valence-corrected chi connectivity index (χ0v) is 17.2. The predicted molar refractivity (Wildman–Crippen MR) is 110 cm³/mol. The number of carbonyl (C=O) groups is 2. The van der Waals surface area contributed by atoms with Crippen LogP contribution in [-0.4, -0.2) is 40.7 Å². The van der Waals surface area contributed by atoms with E-state index in [1.165, 1.54) is 25.7 Å². The molecule has 0 bridgehead atoms. The maximum Gasteiger partial charge on any atom is 0.255 e. The van der Waals surface area contributed by atoms with E-state index in [0.29, 0.717) is 36.3 Å². The number of ketones is 1. The fraction of sp³-hybridized carbons (Fsp3) is 0.696. The third kappa shape index (κ3) is 4.73. The summed E-state index contributed by atoms with van der Waals surface area (Å²) in [5.41, 5.74) is 0.622. The van der Waals surface area contributed by atoms with E-state index in [1.54, 1.807) is 6.20 Å². The number of amides is 1. The molecule has 1 N–H and O–H groups in total. The Hall–Kier alpha value is -1.91. The van der Waals surface area contributed by atoms with Crippen molar-refractivity contribution in [1.29, 1.82) is 0 Å². The molecule has 0 radical (unpaired) electrons. The highest BCUT2D eigenvalue weighted by Crippen LogP contribution is 2.45. The molecule has 4 rings (SSSR count). The molecule has 2 heterocycles. The summed E-state index contributed by atoms with van der Waals surface area (Å²) in [6.07, 6.45) is 9.43. The Bertz CT molecular complexity index is 695. The number of anilines is 1. The topological polar surface area (TPSA) is 62.3 Å². The normalized spacial score (nSPS) is 22.6. The minimum Gasteiger partial charge on any atom is -0.367 e. The first-order chi connectivity index (χ1) is 13.5. The minimum atomic E-state index is -0.00755. The summed E-state index contributed by atoms with van der Waals surface area (Å²) in [5, 5.41) is 3.61. The van der Waals surface area contributed by atoms with Gasteiger partial charge in [-0.15, -0.1) is 0 Å². The summed E-state index contributed by atoms with van der Waals surface area (Å²) in [4.78, 5) is 31.7. The van der Waals surface area contributed by atoms with E-state index in [2.05, 4.69) is 24.1 Å². The van der Waals surface area contributed by atoms with Crippen LogP contribution < -0.4 is 5.32 Å². The molecule has 5 nitrogen and oxygen atoms in total. The Balaban J connectivity index is 1.35. The number of nitrogens with zero attached hydrogens (tertiary/aromatic N) is 2. The lowest BCUT2D eigenvalue weighted by Gasteiger charge is -2.32. The molecule has 2 saturated carbocycles. The second-order valence-corrected chi connectivity index (χ2v) is 9.43. The van der Waals surface area contributed by atoms with E-state index in [9.17, 15) is 9.59 Å². The van der Waals surface area contributed by atoms with Gasteiger partial charge in [0, 0.05) is 37.7 Å². The lowest BCUT2D eigenvalue weighted by Crippen LogP contribution is -2.42. The molecule has 0 spiro atoms. The Morgan fingerprint density at radius 1 is 1.14 bits per heavy atom. The van der Waals surface area contributed by atoms with Crippen LogP contribution >= 0.6 is 0 Å². The quantitative estimate of drug-likeness (QED) is 0.732. The summed E-state index contributed by atoms with van der Waals surface area (Å²) < 4.78 is 0. The predicted octanol–water partition coefficient (Wildman–Crippen LogP) is 4.15. The molecule has 1 saturated heterocycles. The number of hydrogen-bond acceptors (Lipinski definition) is 4. The number of nitrogens with one attached hydrogen (secondary N) is 1. The Morgan fingerprint density at radius 3 is 2.43 bits per heavy atom. The average Bonchev–Trinajstić information content (AvgIpc) is 3.59. The molecule has 1 aromatic heterocycles. The maximum absolute atomic E-state index is 12.9. The molecule has 1 amide bonds. The number of piperidine rings is 1. The highest BCUT2D eigenvalue weighted by molar-refractivity contribution is 5.94. The fourth-order valence-electron chi connectivity index (χ4n) is 4.48. The molecular weight excluding hydrogens is 350 g/mol. The number of hydrogen-bond donors (Lipinski definition) is 1. The van der Waals surface area contributed by atoms with Crippen molar-refractivity contribution in [3.63, 3.8) is 0 Å². The van der Waals surface area contributed by atoms with Crippen molar-refractivity contribution in [3.05, 3.63) is 23.9 Å². The lowest BCUT2D eigenvalue weighted by molar-refractivity contribution is -0.124. The van der Waals surface area contributed by atoms with Gasteiger partial charge in [0.15, 0.2) is 0 Å². The Labute approximate surface area is 168 Å². The zero-order valence-electron chi connectivity index (χ0n) is 17.2. The first-order valence-corrected chi connectivity index (χ1v) is 11.1. The van der Waals surface area contributed by atoms with Crippen LogP contribution in [-0.2, 0) is 4.79 Å². The van der Waals surface area contributed by atoms with Gasteiger partial charge in [-0.05, 0) is 68.4 Å². The molecule has 152 valence electrons. The fourth-order valence-corrected chi connectivity index (χ4v) is 4.48. The molecule has 1 atom stereocenters. The Morgan fingerprint density at radius 2 is 1.86 bits per heavy atom. The van der Waals surface area contributed by atoms with Crippen molar-refractivity contribution in [2.75, 3.05) is 18.4 Å². The van der Waals surface area contributed by atoms with Gasteiger partial charge in [0.1, 0.15) is 11.6 Å². The van der Waals surface area contributed by atoms with Gasteiger partial charge in [-0.1, -0.05) is 13.8 Å². The van der Waals surface area contributed by atoms with Crippen LogP contribution in [0.25, 0.3) is 0 Å². The summed E-state index contributed by atoms with van der Waals surface area (Å²) in [5.74, 6) is 3.17. The summed E-state index contributed by atoms with van der Waals surface area (Å²) in [7, 11) is 0. The molecule has 1 aromatic rings. The smallest absolute Gasteiger partial charge is 0.255 e. The molecule has 3 aliphatic rings. The SMILES string of the molecule is CC(C)CC(=O)[C@H]1CCCN(C(=O)c2ccc(NC(C3CC3)C3CC3)nc2)C1. The highest BCUT2D eigenvalue weighted by Gasteiger charge is 2.41. The summed E-state index contributed by atoms with van der Waals surface area (Å²) in [6, 6.07) is 4.38. The second kappa shape index (κ2) is 8.22. The van der Waals surface area contributed by atoms with Crippen molar-refractivity contribution in [2.24, 2.45) is 23.7 Å². The van der Waals surface area contributed by atoms with E-state index >= 15 is 0 Å². The van der Waals surface area contributed by atoms with E-state index in [1.807, 2.05) is 17.0 Å². The third-order valence-electron chi connectivity index (χ3n) is 6.36. The minimum absolute atomic E-state index is 0.00188. The molecule has 2 aliphatic carbocycles. The van der Waals surface area contributed by atoms with Gasteiger partial charge < -0.3 is 10.2 Å². The lowest BCUT2D eigenvalue weighted by atomic mass is 9.89. The number of rotatable bonds is 8. The van der Waals surface area contributed by atoms with Crippen molar-refractivity contribution in [3.8, 4) is 0 Å². The standard InChI is InChI=1S/C23H33N3O2/c1-15(2)12-20(27)19-4-3-11-26(14-19)23(28)18-9-10-21(24-13-18)25-22(16-5-6-16)17-7-8-17/h9-10,13,15-17,19,22H,3-8,11-12,14H2,1-2H3,(H,24,25)/t19-/m0/s1.